The van der Waals surface area contributed by atoms with Crippen molar-refractivity contribution in [3.8, 4) is 0 Å². The van der Waals surface area contributed by atoms with Gasteiger partial charge in [-0.15, -0.1) is 12.4 Å². The van der Waals surface area contributed by atoms with Crippen LogP contribution in [0.3, 0.4) is 0 Å². The predicted octanol–water partition coefficient (Wildman–Crippen LogP) is 3.36. The summed E-state index contributed by atoms with van der Waals surface area (Å²) in [5.74, 6) is -1.08. The van der Waals surface area contributed by atoms with Crippen LogP contribution in [0.1, 0.15) is 18.5 Å². The van der Waals surface area contributed by atoms with Crippen molar-refractivity contribution in [2.24, 2.45) is 5.73 Å². The fourth-order valence-corrected chi connectivity index (χ4v) is 2.02. The van der Waals surface area contributed by atoms with E-state index in [0.29, 0.717) is 0 Å². The molecule has 1 aromatic heterocycles. The molecule has 9 heteroatoms. The first kappa shape index (κ1) is 18.7. The lowest BCUT2D eigenvalue weighted by molar-refractivity contribution is -0.149. The second kappa shape index (κ2) is 8.07. The molecule has 0 bridgehead atoms. The van der Waals surface area contributed by atoms with E-state index in [4.69, 9.17) is 40.5 Å². The third kappa shape index (κ3) is 4.33. The molecule has 0 amide bonds. The molecule has 1 heterocycles. The Morgan fingerprint density at radius 1 is 1.53 bits per heavy atom. The van der Waals surface area contributed by atoms with Crippen molar-refractivity contribution in [3.63, 3.8) is 0 Å². The lowest BCUT2D eigenvalue weighted by atomic mass is 10.0. The second-order valence-electron chi connectivity index (χ2n) is 3.30. The van der Waals surface area contributed by atoms with Gasteiger partial charge in [-0.2, -0.15) is 0 Å². The molecule has 1 aromatic rings. The van der Waals surface area contributed by atoms with Gasteiger partial charge in [-0.3, -0.25) is 0 Å². The zero-order chi connectivity index (χ0) is 13.9. The molecule has 0 aliphatic heterocycles. The van der Waals surface area contributed by atoms with Crippen molar-refractivity contribution in [1.29, 1.82) is 0 Å². The topological polar surface area (TPSA) is 65.2 Å². The molecule has 19 heavy (non-hydrogen) atoms. The summed E-state index contributed by atoms with van der Waals surface area (Å²) >= 11 is 17.3. The fraction of sp³-hybridized carbons (Fsp3) is 0.400. The van der Waals surface area contributed by atoms with Crippen LogP contribution in [0.5, 0.6) is 0 Å². The van der Waals surface area contributed by atoms with E-state index in [2.05, 4.69) is 9.72 Å². The highest BCUT2D eigenvalue weighted by atomic mass is 35.5. The lowest BCUT2D eigenvalue weighted by Crippen LogP contribution is -2.32. The van der Waals surface area contributed by atoms with Crippen molar-refractivity contribution in [2.45, 2.75) is 19.1 Å². The van der Waals surface area contributed by atoms with Crippen LogP contribution in [0.15, 0.2) is 6.20 Å². The molecule has 0 radical (unpaired) electrons. The van der Waals surface area contributed by atoms with Gasteiger partial charge >= 0.3 is 5.97 Å². The molecule has 0 fully saturated rings. The Bertz CT molecular complexity index is 461. The Labute approximate surface area is 130 Å². The normalized spacial score (nSPS) is 13.4. The maximum atomic E-state index is 13.8. The van der Waals surface area contributed by atoms with E-state index in [9.17, 15) is 9.18 Å². The van der Waals surface area contributed by atoms with Crippen LogP contribution in [0.4, 0.5) is 4.39 Å². The molecule has 0 aliphatic rings. The highest BCUT2D eigenvalue weighted by Crippen LogP contribution is 2.35. The van der Waals surface area contributed by atoms with Gasteiger partial charge in [-0.1, -0.05) is 34.8 Å². The van der Waals surface area contributed by atoms with Crippen LogP contribution in [0.25, 0.3) is 0 Å². The van der Waals surface area contributed by atoms with Crippen molar-refractivity contribution in [3.05, 3.63) is 27.0 Å². The van der Waals surface area contributed by atoms with E-state index < -0.39 is 18.2 Å². The van der Waals surface area contributed by atoms with Crippen LogP contribution in [0, 0.1) is 0 Å². The summed E-state index contributed by atoms with van der Waals surface area (Å²) in [5.41, 5.74) is 5.64. The fourth-order valence-electron chi connectivity index (χ4n) is 1.28. The average Bonchev–Trinajstić information content (AvgIpc) is 2.33. The molecule has 1 rings (SSSR count). The molecular weight excluding hydrogens is 341 g/mol. The Morgan fingerprint density at radius 3 is 2.63 bits per heavy atom. The van der Waals surface area contributed by atoms with E-state index >= 15 is 0 Å². The number of halogens is 5. The van der Waals surface area contributed by atoms with E-state index in [-0.39, 0.29) is 39.8 Å². The number of esters is 1. The minimum Gasteiger partial charge on any atom is -0.464 e. The van der Waals surface area contributed by atoms with E-state index in [1.165, 1.54) is 6.20 Å². The number of carbonyl (C=O) groups excluding carboxylic acids is 1. The lowest BCUT2D eigenvalue weighted by Gasteiger charge is -2.18. The number of aromatic nitrogens is 1. The van der Waals surface area contributed by atoms with E-state index in [0.717, 1.165) is 0 Å². The van der Waals surface area contributed by atoms with Gasteiger partial charge in [-0.25, -0.2) is 14.2 Å². The quantitative estimate of drug-likeness (QED) is 0.667. The van der Waals surface area contributed by atoms with Crippen molar-refractivity contribution in [2.75, 3.05) is 6.61 Å². The molecule has 1 unspecified atom stereocenters. The van der Waals surface area contributed by atoms with Crippen LogP contribution in [0.2, 0.25) is 15.2 Å². The van der Waals surface area contributed by atoms with E-state index in [1.54, 1.807) is 6.92 Å². The van der Waals surface area contributed by atoms with E-state index in [1.807, 2.05) is 0 Å². The minimum atomic E-state index is -2.08. The number of pyridine rings is 1. The molecule has 0 saturated heterocycles. The third-order valence-electron chi connectivity index (χ3n) is 2.13. The third-order valence-corrected chi connectivity index (χ3v) is 3.19. The van der Waals surface area contributed by atoms with Crippen molar-refractivity contribution in [1.82, 2.24) is 4.98 Å². The Balaban J connectivity index is 0.00000324. The summed E-state index contributed by atoms with van der Waals surface area (Å²) in [7, 11) is 0. The highest BCUT2D eigenvalue weighted by molar-refractivity contribution is 6.43. The van der Waals surface area contributed by atoms with Gasteiger partial charge in [0.2, 0.25) is 6.17 Å². The summed E-state index contributed by atoms with van der Waals surface area (Å²) in [5, 5.41) is -0.116. The monoisotopic (exact) mass is 350 g/mol. The number of hydrogen-bond acceptors (Lipinski definition) is 4. The van der Waals surface area contributed by atoms with Gasteiger partial charge in [0.25, 0.3) is 0 Å². The van der Waals surface area contributed by atoms with Crippen LogP contribution < -0.4 is 5.73 Å². The van der Waals surface area contributed by atoms with Crippen molar-refractivity contribution >= 4 is 53.2 Å². The SMILES string of the molecule is CCOC(=O)C(F)[C@@H](N)c1c(Cl)cnc(Cl)c1Cl.Cl. The molecule has 0 aliphatic carbocycles. The Morgan fingerprint density at radius 2 is 2.11 bits per heavy atom. The zero-order valence-corrected chi connectivity index (χ0v) is 12.8. The van der Waals surface area contributed by atoms with Crippen LogP contribution >= 0.6 is 47.2 Å². The Hall–Kier alpha value is -0.330. The number of rotatable bonds is 4. The molecule has 0 spiro atoms. The second-order valence-corrected chi connectivity index (χ2v) is 4.45. The molecule has 2 atom stereocenters. The minimum absolute atomic E-state index is 0. The molecule has 2 N–H and O–H groups in total. The first-order valence-corrected chi connectivity index (χ1v) is 6.09. The summed E-state index contributed by atoms with van der Waals surface area (Å²) in [6.45, 7) is 1.60. The number of ether oxygens (including phenoxy) is 1. The number of nitrogens with two attached hydrogens (primary N) is 1. The summed E-state index contributed by atoms with van der Waals surface area (Å²) in [6, 6.07) is -1.37. The largest absolute Gasteiger partial charge is 0.464 e. The molecule has 108 valence electrons. The number of hydrogen-bond donors (Lipinski definition) is 1. The molecular formula is C10H11Cl4FN2O2. The van der Waals surface area contributed by atoms with Gasteiger partial charge in [-0.05, 0) is 6.92 Å². The number of nitrogens with zero attached hydrogens (tertiary/aromatic N) is 1. The van der Waals surface area contributed by atoms with Gasteiger partial charge in [0, 0.05) is 11.8 Å². The summed E-state index contributed by atoms with van der Waals surface area (Å²) in [6.07, 6.45) is -0.901. The molecule has 0 saturated carbocycles. The van der Waals surface area contributed by atoms with Crippen LogP contribution in [-0.2, 0) is 9.53 Å². The summed E-state index contributed by atoms with van der Waals surface area (Å²) in [4.78, 5) is 14.9. The number of carbonyl (C=O) groups is 1. The average molecular weight is 352 g/mol. The maximum Gasteiger partial charge on any atom is 0.342 e. The van der Waals surface area contributed by atoms with Gasteiger partial charge in [0.1, 0.15) is 5.15 Å². The molecule has 4 nitrogen and oxygen atoms in total. The van der Waals surface area contributed by atoms with Crippen molar-refractivity contribution < 1.29 is 13.9 Å². The smallest absolute Gasteiger partial charge is 0.342 e. The zero-order valence-electron chi connectivity index (χ0n) is 9.70. The van der Waals surface area contributed by atoms with Gasteiger partial charge < -0.3 is 10.5 Å². The number of alkyl halides is 1. The predicted molar refractivity (Wildman–Crippen MR) is 75.0 cm³/mol. The first-order valence-electron chi connectivity index (χ1n) is 4.95. The molecule has 0 aromatic carbocycles. The first-order chi connectivity index (χ1) is 8.40. The van der Waals surface area contributed by atoms with Crippen LogP contribution in [-0.4, -0.2) is 23.7 Å². The maximum absolute atomic E-state index is 13.8. The van der Waals surface area contributed by atoms with Gasteiger partial charge in [0.15, 0.2) is 0 Å². The van der Waals surface area contributed by atoms with Gasteiger partial charge in [0.05, 0.1) is 22.7 Å². The standard InChI is InChI=1S/C10H10Cl3FN2O2.ClH/c1-2-18-10(17)7(14)8(15)5-4(11)3-16-9(13)6(5)12;/h3,7-8H,2,15H2,1H3;1H/t7?,8-;/m0./s1. The highest BCUT2D eigenvalue weighted by Gasteiger charge is 2.31. The summed E-state index contributed by atoms with van der Waals surface area (Å²) < 4.78 is 18.3. The Kier molecular flexibility index (Phi) is 7.93.